The van der Waals surface area contributed by atoms with Gasteiger partial charge in [-0.05, 0) is 30.9 Å². The van der Waals surface area contributed by atoms with E-state index in [1.54, 1.807) is 24.3 Å². The van der Waals surface area contributed by atoms with Gasteiger partial charge in [0.05, 0.1) is 6.04 Å². The number of hydrogen-bond acceptors (Lipinski definition) is 6. The minimum absolute atomic E-state index is 0.140. The van der Waals surface area contributed by atoms with Crippen molar-refractivity contribution in [2.45, 2.75) is 56.8 Å². The summed E-state index contributed by atoms with van der Waals surface area (Å²) >= 11 is 0. The second-order valence-corrected chi connectivity index (χ2v) is 8.68. The van der Waals surface area contributed by atoms with Crippen LogP contribution in [0, 0.1) is 0 Å². The lowest BCUT2D eigenvalue weighted by molar-refractivity contribution is -0.142. The molecule has 8 N–H and O–H groups in total. The number of benzene rings is 2. The molecular weight excluding hydrogens is 478 g/mol. The third-order valence-electron chi connectivity index (χ3n) is 5.60. The van der Waals surface area contributed by atoms with E-state index >= 15 is 0 Å². The molecule has 0 aromatic heterocycles. The third-order valence-corrected chi connectivity index (χ3v) is 5.60. The summed E-state index contributed by atoms with van der Waals surface area (Å²) in [5, 5.41) is 16.8. The predicted octanol–water partition coefficient (Wildman–Crippen LogP) is -0.376. The number of rotatable bonds is 14. The minimum atomic E-state index is -1.35. The SMILES string of the molecule is CC(NC(=O)C(Cc1ccccc1)NC(=O)C(N)Cc1ccccc1)C(=O)NC(CCC(N)=O)C(=O)O. The lowest BCUT2D eigenvalue weighted by Gasteiger charge is -2.23. The first-order valence-electron chi connectivity index (χ1n) is 11.8. The number of amides is 4. The molecule has 0 heterocycles. The standard InChI is InChI=1S/C26H33N5O6/c1-16(23(33)30-20(26(36)37)12-13-22(28)32)29-25(35)21(15-18-10-6-3-7-11-18)31-24(34)19(27)14-17-8-4-2-5-9-17/h2-11,16,19-21H,12-15,27H2,1H3,(H2,28,32)(H,29,35)(H,30,33)(H,31,34)(H,36,37). The molecule has 4 unspecified atom stereocenters. The van der Waals surface area contributed by atoms with Crippen molar-refractivity contribution in [1.82, 2.24) is 16.0 Å². The monoisotopic (exact) mass is 511 g/mol. The Hall–Kier alpha value is -4.25. The number of carboxylic acid groups (broad SMARTS) is 1. The van der Waals surface area contributed by atoms with E-state index < -0.39 is 53.8 Å². The Morgan fingerprint density at radius 2 is 1.27 bits per heavy atom. The van der Waals surface area contributed by atoms with Crippen molar-refractivity contribution in [1.29, 1.82) is 0 Å². The van der Waals surface area contributed by atoms with Crippen LogP contribution < -0.4 is 27.4 Å². The molecule has 0 aliphatic carbocycles. The molecule has 0 aliphatic rings. The van der Waals surface area contributed by atoms with Crippen LogP contribution in [0.4, 0.5) is 0 Å². The zero-order chi connectivity index (χ0) is 27.4. The van der Waals surface area contributed by atoms with Crippen LogP contribution in [0.5, 0.6) is 0 Å². The molecule has 11 heteroatoms. The van der Waals surface area contributed by atoms with Crippen LogP contribution in [-0.2, 0) is 36.8 Å². The molecule has 198 valence electrons. The Bertz CT molecular complexity index is 1080. The van der Waals surface area contributed by atoms with Gasteiger partial charge in [0.15, 0.2) is 0 Å². The fourth-order valence-corrected chi connectivity index (χ4v) is 3.52. The Kier molecular flexibility index (Phi) is 11.2. The van der Waals surface area contributed by atoms with Gasteiger partial charge in [-0.1, -0.05) is 60.7 Å². The van der Waals surface area contributed by atoms with E-state index in [0.717, 1.165) is 11.1 Å². The third kappa shape index (κ3) is 10.1. The van der Waals surface area contributed by atoms with E-state index in [0.29, 0.717) is 0 Å². The van der Waals surface area contributed by atoms with Gasteiger partial charge < -0.3 is 32.5 Å². The smallest absolute Gasteiger partial charge is 0.326 e. The molecule has 4 atom stereocenters. The highest BCUT2D eigenvalue weighted by atomic mass is 16.4. The Morgan fingerprint density at radius 3 is 1.78 bits per heavy atom. The minimum Gasteiger partial charge on any atom is -0.480 e. The van der Waals surface area contributed by atoms with Gasteiger partial charge in [-0.3, -0.25) is 19.2 Å². The van der Waals surface area contributed by atoms with Crippen LogP contribution in [0.15, 0.2) is 60.7 Å². The van der Waals surface area contributed by atoms with Crippen molar-refractivity contribution in [2.75, 3.05) is 0 Å². The molecule has 4 amide bonds. The molecule has 0 radical (unpaired) electrons. The van der Waals surface area contributed by atoms with E-state index in [1.807, 2.05) is 36.4 Å². The second kappa shape index (κ2) is 14.3. The van der Waals surface area contributed by atoms with Crippen molar-refractivity contribution >= 4 is 29.6 Å². The van der Waals surface area contributed by atoms with Gasteiger partial charge in [0, 0.05) is 12.8 Å². The summed E-state index contributed by atoms with van der Waals surface area (Å²) in [6.07, 6.45) is -0.0102. The van der Waals surface area contributed by atoms with E-state index in [4.69, 9.17) is 11.5 Å². The maximum absolute atomic E-state index is 13.1. The number of aliphatic carboxylic acids is 1. The Morgan fingerprint density at radius 1 is 0.757 bits per heavy atom. The van der Waals surface area contributed by atoms with Crippen molar-refractivity contribution in [3.8, 4) is 0 Å². The van der Waals surface area contributed by atoms with E-state index in [1.165, 1.54) is 6.92 Å². The molecule has 37 heavy (non-hydrogen) atoms. The molecule has 0 saturated heterocycles. The summed E-state index contributed by atoms with van der Waals surface area (Å²) in [5.41, 5.74) is 12.8. The van der Waals surface area contributed by atoms with Crippen LogP contribution in [0.1, 0.15) is 30.9 Å². The molecular formula is C26H33N5O6. The second-order valence-electron chi connectivity index (χ2n) is 8.68. The maximum atomic E-state index is 13.1. The van der Waals surface area contributed by atoms with Gasteiger partial charge in [0.2, 0.25) is 23.6 Å². The number of carbonyl (C=O) groups excluding carboxylic acids is 4. The number of primary amides is 1. The summed E-state index contributed by atoms with van der Waals surface area (Å²) < 4.78 is 0. The van der Waals surface area contributed by atoms with Crippen LogP contribution in [0.2, 0.25) is 0 Å². The van der Waals surface area contributed by atoms with Gasteiger partial charge in [-0.15, -0.1) is 0 Å². The molecule has 11 nitrogen and oxygen atoms in total. The van der Waals surface area contributed by atoms with Gasteiger partial charge in [-0.25, -0.2) is 4.79 Å². The summed E-state index contributed by atoms with van der Waals surface area (Å²) in [6, 6.07) is 13.8. The van der Waals surface area contributed by atoms with Crippen LogP contribution in [-0.4, -0.2) is 58.9 Å². The van der Waals surface area contributed by atoms with Crippen molar-refractivity contribution < 1.29 is 29.1 Å². The molecule has 0 spiro atoms. The first kappa shape index (κ1) is 29.0. The number of nitrogens with two attached hydrogens (primary N) is 2. The van der Waals surface area contributed by atoms with Crippen LogP contribution >= 0.6 is 0 Å². The average Bonchev–Trinajstić information content (AvgIpc) is 2.86. The predicted molar refractivity (Wildman–Crippen MR) is 136 cm³/mol. The van der Waals surface area contributed by atoms with Gasteiger partial charge in [0.25, 0.3) is 0 Å². The summed E-state index contributed by atoms with van der Waals surface area (Å²) in [5.74, 6) is -3.98. The molecule has 0 fully saturated rings. The molecule has 0 aliphatic heterocycles. The van der Waals surface area contributed by atoms with Gasteiger partial charge >= 0.3 is 5.97 Å². The Labute approximate surface area is 215 Å². The Balaban J connectivity index is 2.07. The lowest BCUT2D eigenvalue weighted by atomic mass is 10.0. The van der Waals surface area contributed by atoms with Gasteiger partial charge in [0.1, 0.15) is 18.1 Å². The van der Waals surface area contributed by atoms with E-state index in [2.05, 4.69) is 16.0 Å². The lowest BCUT2D eigenvalue weighted by Crippen LogP contribution is -2.57. The van der Waals surface area contributed by atoms with E-state index in [9.17, 15) is 29.1 Å². The zero-order valence-corrected chi connectivity index (χ0v) is 20.6. The largest absolute Gasteiger partial charge is 0.480 e. The summed E-state index contributed by atoms with van der Waals surface area (Å²) in [6.45, 7) is 1.38. The average molecular weight is 512 g/mol. The molecule has 0 bridgehead atoms. The fraction of sp³-hybridized carbons (Fsp3) is 0.346. The topological polar surface area (TPSA) is 194 Å². The number of carbonyl (C=O) groups is 5. The first-order chi connectivity index (χ1) is 17.6. The first-order valence-corrected chi connectivity index (χ1v) is 11.8. The van der Waals surface area contributed by atoms with Crippen LogP contribution in [0.3, 0.4) is 0 Å². The zero-order valence-electron chi connectivity index (χ0n) is 20.6. The highest BCUT2D eigenvalue weighted by Gasteiger charge is 2.28. The van der Waals surface area contributed by atoms with Crippen LogP contribution in [0.25, 0.3) is 0 Å². The quantitative estimate of drug-likeness (QED) is 0.199. The number of nitrogens with one attached hydrogen (secondary N) is 3. The molecule has 0 saturated carbocycles. The number of carboxylic acids is 1. The molecule has 2 aromatic carbocycles. The normalized spacial score (nSPS) is 13.9. The van der Waals surface area contributed by atoms with E-state index in [-0.39, 0.29) is 25.7 Å². The van der Waals surface area contributed by atoms with Gasteiger partial charge in [-0.2, -0.15) is 0 Å². The fourth-order valence-electron chi connectivity index (χ4n) is 3.52. The van der Waals surface area contributed by atoms with Crippen molar-refractivity contribution in [3.63, 3.8) is 0 Å². The summed E-state index contributed by atoms with van der Waals surface area (Å²) in [4.78, 5) is 60.8. The van der Waals surface area contributed by atoms with Crippen molar-refractivity contribution in [2.24, 2.45) is 11.5 Å². The van der Waals surface area contributed by atoms with Crippen molar-refractivity contribution in [3.05, 3.63) is 71.8 Å². The number of hydrogen-bond donors (Lipinski definition) is 6. The molecule has 2 aromatic rings. The highest BCUT2D eigenvalue weighted by molar-refractivity contribution is 5.94. The summed E-state index contributed by atoms with van der Waals surface area (Å²) in [7, 11) is 0. The molecule has 2 rings (SSSR count). The maximum Gasteiger partial charge on any atom is 0.326 e. The highest BCUT2D eigenvalue weighted by Crippen LogP contribution is 2.07.